The van der Waals surface area contributed by atoms with E-state index < -0.39 is 0 Å². The van der Waals surface area contributed by atoms with Gasteiger partial charge in [0, 0.05) is 22.8 Å². The van der Waals surface area contributed by atoms with E-state index in [0.29, 0.717) is 12.2 Å². The molecule has 0 aliphatic heterocycles. The lowest BCUT2D eigenvalue weighted by molar-refractivity contribution is 0.0945. The number of methoxy groups -OCH3 is 1. The summed E-state index contributed by atoms with van der Waals surface area (Å²) in [5.41, 5.74) is 1.30. The first-order chi connectivity index (χ1) is 9.20. The normalized spacial score (nSPS) is 10.0. The van der Waals surface area contributed by atoms with E-state index >= 15 is 0 Å². The number of halogens is 1. The van der Waals surface area contributed by atoms with Gasteiger partial charge in [0.1, 0.15) is 11.4 Å². The first kappa shape index (κ1) is 13.5. The van der Waals surface area contributed by atoms with Gasteiger partial charge in [-0.15, -0.1) is 0 Å². The Kier molecular flexibility index (Phi) is 4.52. The molecule has 4 nitrogen and oxygen atoms in total. The minimum atomic E-state index is -0.206. The van der Waals surface area contributed by atoms with Gasteiger partial charge in [-0.3, -0.25) is 9.78 Å². The van der Waals surface area contributed by atoms with Crippen molar-refractivity contribution in [3.63, 3.8) is 0 Å². The van der Waals surface area contributed by atoms with Crippen LogP contribution < -0.4 is 10.1 Å². The van der Waals surface area contributed by atoms with Crippen molar-refractivity contribution in [3.05, 3.63) is 58.3 Å². The molecule has 0 aliphatic carbocycles. The number of nitrogens with zero attached hydrogens (tertiary/aromatic N) is 1. The number of carbonyl (C=O) groups is 1. The fraction of sp³-hybridized carbons (Fsp3) is 0.143. The molecule has 2 rings (SSSR count). The van der Waals surface area contributed by atoms with Gasteiger partial charge in [0.15, 0.2) is 0 Å². The lowest BCUT2D eigenvalue weighted by Crippen LogP contribution is -2.23. The van der Waals surface area contributed by atoms with Crippen LogP contribution >= 0.6 is 15.9 Å². The Morgan fingerprint density at radius 1 is 1.37 bits per heavy atom. The summed E-state index contributed by atoms with van der Waals surface area (Å²) in [6, 6.07) is 10.9. The van der Waals surface area contributed by atoms with E-state index in [-0.39, 0.29) is 5.91 Å². The van der Waals surface area contributed by atoms with Crippen LogP contribution in [0.4, 0.5) is 0 Å². The maximum absolute atomic E-state index is 11.9. The standard InChI is InChI=1S/C14H13BrN2O2/c1-19-13-6-5-11(15)8-10(13)9-17-14(18)12-4-2-3-7-16-12/h2-8H,9H2,1H3,(H,17,18). The molecule has 1 amide bonds. The van der Waals surface area contributed by atoms with E-state index in [9.17, 15) is 4.79 Å². The number of hydrogen-bond acceptors (Lipinski definition) is 3. The number of nitrogens with one attached hydrogen (secondary N) is 1. The lowest BCUT2D eigenvalue weighted by atomic mass is 10.2. The molecule has 1 heterocycles. The molecule has 0 spiro atoms. The third-order valence-electron chi connectivity index (χ3n) is 2.58. The third-order valence-corrected chi connectivity index (χ3v) is 3.07. The van der Waals surface area contributed by atoms with Gasteiger partial charge in [-0.25, -0.2) is 0 Å². The number of aromatic nitrogens is 1. The van der Waals surface area contributed by atoms with Gasteiger partial charge < -0.3 is 10.1 Å². The number of hydrogen-bond donors (Lipinski definition) is 1. The number of benzene rings is 1. The van der Waals surface area contributed by atoms with Crippen LogP contribution in [0.5, 0.6) is 5.75 Å². The Balaban J connectivity index is 2.07. The maximum atomic E-state index is 11.9. The van der Waals surface area contributed by atoms with Crippen LogP contribution in [-0.2, 0) is 6.54 Å². The van der Waals surface area contributed by atoms with Gasteiger partial charge in [0.05, 0.1) is 7.11 Å². The lowest BCUT2D eigenvalue weighted by Gasteiger charge is -2.10. The molecule has 1 N–H and O–H groups in total. The summed E-state index contributed by atoms with van der Waals surface area (Å²) in [6.45, 7) is 0.387. The number of rotatable bonds is 4. The van der Waals surface area contributed by atoms with E-state index in [2.05, 4.69) is 26.2 Å². The molecular formula is C14H13BrN2O2. The summed E-state index contributed by atoms with van der Waals surface area (Å²) in [7, 11) is 1.60. The van der Waals surface area contributed by atoms with E-state index in [1.165, 1.54) is 0 Å². The van der Waals surface area contributed by atoms with E-state index in [1.54, 1.807) is 31.5 Å². The van der Waals surface area contributed by atoms with Gasteiger partial charge in [-0.2, -0.15) is 0 Å². The van der Waals surface area contributed by atoms with Gasteiger partial charge in [0.25, 0.3) is 5.91 Å². The summed E-state index contributed by atoms with van der Waals surface area (Å²) >= 11 is 3.40. The average Bonchev–Trinajstić information content (AvgIpc) is 2.46. The largest absolute Gasteiger partial charge is 0.496 e. The van der Waals surface area contributed by atoms with Crippen molar-refractivity contribution in [2.45, 2.75) is 6.54 Å². The highest BCUT2D eigenvalue weighted by molar-refractivity contribution is 9.10. The second-order valence-corrected chi connectivity index (χ2v) is 4.77. The molecule has 0 saturated heterocycles. The summed E-state index contributed by atoms with van der Waals surface area (Å²) in [5, 5.41) is 2.81. The Morgan fingerprint density at radius 3 is 2.89 bits per heavy atom. The second kappa shape index (κ2) is 6.33. The van der Waals surface area contributed by atoms with Crippen LogP contribution in [0, 0.1) is 0 Å². The predicted molar refractivity (Wildman–Crippen MR) is 76.1 cm³/mol. The zero-order chi connectivity index (χ0) is 13.7. The maximum Gasteiger partial charge on any atom is 0.270 e. The van der Waals surface area contributed by atoms with Crippen molar-refractivity contribution >= 4 is 21.8 Å². The molecule has 0 fully saturated rings. The third kappa shape index (κ3) is 3.54. The first-order valence-electron chi connectivity index (χ1n) is 5.72. The minimum Gasteiger partial charge on any atom is -0.496 e. The quantitative estimate of drug-likeness (QED) is 0.942. The Labute approximate surface area is 119 Å². The van der Waals surface area contributed by atoms with Crippen molar-refractivity contribution in [1.29, 1.82) is 0 Å². The second-order valence-electron chi connectivity index (χ2n) is 3.85. The molecule has 2 aromatic rings. The minimum absolute atomic E-state index is 0.206. The molecule has 0 aliphatic rings. The van der Waals surface area contributed by atoms with Crippen molar-refractivity contribution in [2.24, 2.45) is 0 Å². The van der Waals surface area contributed by atoms with Crippen LogP contribution in [0.2, 0.25) is 0 Å². The van der Waals surface area contributed by atoms with Gasteiger partial charge in [-0.05, 0) is 30.3 Å². The SMILES string of the molecule is COc1ccc(Br)cc1CNC(=O)c1ccccn1. The Hall–Kier alpha value is -1.88. The molecule has 1 aromatic heterocycles. The van der Waals surface area contributed by atoms with Crippen molar-refractivity contribution < 1.29 is 9.53 Å². The highest BCUT2D eigenvalue weighted by Crippen LogP contribution is 2.22. The highest BCUT2D eigenvalue weighted by atomic mass is 79.9. The van der Waals surface area contributed by atoms with Crippen LogP contribution in [-0.4, -0.2) is 18.0 Å². The van der Waals surface area contributed by atoms with Crippen LogP contribution in [0.25, 0.3) is 0 Å². The molecule has 0 unspecified atom stereocenters. The molecule has 0 atom stereocenters. The molecule has 0 saturated carbocycles. The Morgan fingerprint density at radius 2 is 2.21 bits per heavy atom. The van der Waals surface area contributed by atoms with Gasteiger partial charge >= 0.3 is 0 Å². The molecule has 0 radical (unpaired) electrons. The monoisotopic (exact) mass is 320 g/mol. The summed E-state index contributed by atoms with van der Waals surface area (Å²) in [4.78, 5) is 15.9. The molecule has 98 valence electrons. The van der Waals surface area contributed by atoms with Gasteiger partial charge in [-0.1, -0.05) is 22.0 Å². The van der Waals surface area contributed by atoms with E-state index in [4.69, 9.17) is 4.74 Å². The predicted octanol–water partition coefficient (Wildman–Crippen LogP) is 2.78. The number of amides is 1. The van der Waals surface area contributed by atoms with Crippen LogP contribution in [0.15, 0.2) is 47.1 Å². The molecule has 19 heavy (non-hydrogen) atoms. The number of carbonyl (C=O) groups excluding carboxylic acids is 1. The Bertz CT molecular complexity index is 573. The average molecular weight is 321 g/mol. The summed E-state index contributed by atoms with van der Waals surface area (Å²) in [5.74, 6) is 0.534. The first-order valence-corrected chi connectivity index (χ1v) is 6.51. The molecule has 5 heteroatoms. The highest BCUT2D eigenvalue weighted by Gasteiger charge is 2.08. The van der Waals surface area contributed by atoms with Crippen molar-refractivity contribution in [1.82, 2.24) is 10.3 Å². The van der Waals surface area contributed by atoms with Gasteiger partial charge in [0.2, 0.25) is 0 Å². The zero-order valence-electron chi connectivity index (χ0n) is 10.4. The topological polar surface area (TPSA) is 51.2 Å². The van der Waals surface area contributed by atoms with Crippen LogP contribution in [0.3, 0.4) is 0 Å². The van der Waals surface area contributed by atoms with Crippen LogP contribution in [0.1, 0.15) is 16.1 Å². The van der Waals surface area contributed by atoms with Crippen molar-refractivity contribution in [2.75, 3.05) is 7.11 Å². The van der Waals surface area contributed by atoms with E-state index in [1.807, 2.05) is 18.2 Å². The smallest absolute Gasteiger partial charge is 0.270 e. The fourth-order valence-electron chi connectivity index (χ4n) is 1.65. The van der Waals surface area contributed by atoms with E-state index in [0.717, 1.165) is 15.8 Å². The molecular weight excluding hydrogens is 308 g/mol. The summed E-state index contributed by atoms with van der Waals surface area (Å²) < 4.78 is 6.19. The molecule has 1 aromatic carbocycles. The summed E-state index contributed by atoms with van der Waals surface area (Å²) in [6.07, 6.45) is 1.59. The zero-order valence-corrected chi connectivity index (χ0v) is 12.0. The molecule has 0 bridgehead atoms. The number of pyridine rings is 1. The number of ether oxygens (including phenoxy) is 1. The van der Waals surface area contributed by atoms with Crippen molar-refractivity contribution in [3.8, 4) is 5.75 Å². The fourth-order valence-corrected chi connectivity index (χ4v) is 2.06.